The maximum Gasteiger partial charge on any atom is 0.408 e. The first-order valence-corrected chi connectivity index (χ1v) is 4.88. The lowest BCUT2D eigenvalue weighted by molar-refractivity contribution is 0.0478. The van der Waals surface area contributed by atoms with Crippen LogP contribution in [-0.2, 0) is 4.74 Å². The molecular formula is C9H16N4O3. The molecule has 90 valence electrons. The largest absolute Gasteiger partial charge is 0.444 e. The number of hydrogen-bond acceptors (Lipinski definition) is 5. The van der Waals surface area contributed by atoms with Gasteiger partial charge in [-0.3, -0.25) is 5.10 Å². The SMILES string of the molecule is CC(C)(C)OC(=O)NC(CO)c1ncn[nH]1. The topological polar surface area (TPSA) is 100 Å². The van der Waals surface area contributed by atoms with E-state index in [0.717, 1.165) is 0 Å². The van der Waals surface area contributed by atoms with Crippen molar-refractivity contribution >= 4 is 6.09 Å². The number of carbonyl (C=O) groups excluding carboxylic acids is 1. The van der Waals surface area contributed by atoms with Crippen molar-refractivity contribution in [2.24, 2.45) is 0 Å². The Morgan fingerprint density at radius 3 is 2.81 bits per heavy atom. The van der Waals surface area contributed by atoms with Crippen LogP contribution in [0.5, 0.6) is 0 Å². The van der Waals surface area contributed by atoms with Gasteiger partial charge in [0.2, 0.25) is 0 Å². The van der Waals surface area contributed by atoms with E-state index in [9.17, 15) is 4.79 Å². The van der Waals surface area contributed by atoms with Crippen LogP contribution in [-0.4, -0.2) is 38.6 Å². The highest BCUT2D eigenvalue weighted by atomic mass is 16.6. The molecule has 0 saturated carbocycles. The Hall–Kier alpha value is -1.63. The first-order chi connectivity index (χ1) is 7.42. The van der Waals surface area contributed by atoms with Gasteiger partial charge >= 0.3 is 6.09 Å². The highest BCUT2D eigenvalue weighted by molar-refractivity contribution is 5.68. The van der Waals surface area contributed by atoms with Crippen LogP contribution in [0.25, 0.3) is 0 Å². The number of rotatable bonds is 3. The Balaban J connectivity index is 2.55. The van der Waals surface area contributed by atoms with Crippen molar-refractivity contribution < 1.29 is 14.6 Å². The van der Waals surface area contributed by atoms with Gasteiger partial charge < -0.3 is 15.2 Å². The summed E-state index contributed by atoms with van der Waals surface area (Å²) in [7, 11) is 0. The fourth-order valence-corrected chi connectivity index (χ4v) is 1.03. The molecule has 1 heterocycles. The van der Waals surface area contributed by atoms with E-state index in [0.29, 0.717) is 5.82 Å². The quantitative estimate of drug-likeness (QED) is 0.693. The van der Waals surface area contributed by atoms with Crippen LogP contribution < -0.4 is 5.32 Å². The number of nitrogens with one attached hydrogen (secondary N) is 2. The second-order valence-corrected chi connectivity index (χ2v) is 4.25. The molecule has 7 nitrogen and oxygen atoms in total. The molecular weight excluding hydrogens is 212 g/mol. The summed E-state index contributed by atoms with van der Waals surface area (Å²) in [6.45, 7) is 4.99. The van der Waals surface area contributed by atoms with Crippen molar-refractivity contribution in [1.82, 2.24) is 20.5 Å². The number of aromatic nitrogens is 3. The molecule has 0 aliphatic carbocycles. The number of aromatic amines is 1. The molecule has 1 unspecified atom stereocenters. The van der Waals surface area contributed by atoms with Crippen molar-refractivity contribution in [2.45, 2.75) is 32.4 Å². The van der Waals surface area contributed by atoms with Crippen LogP contribution in [0.3, 0.4) is 0 Å². The summed E-state index contributed by atoms with van der Waals surface area (Å²) in [6, 6.07) is -0.641. The van der Waals surface area contributed by atoms with Crippen molar-refractivity contribution in [3.63, 3.8) is 0 Å². The zero-order chi connectivity index (χ0) is 12.2. The van der Waals surface area contributed by atoms with E-state index in [-0.39, 0.29) is 6.61 Å². The van der Waals surface area contributed by atoms with Crippen molar-refractivity contribution in [3.05, 3.63) is 12.2 Å². The van der Waals surface area contributed by atoms with Crippen LogP contribution in [0.15, 0.2) is 6.33 Å². The van der Waals surface area contributed by atoms with E-state index in [1.807, 2.05) is 0 Å². The molecule has 1 amide bonds. The van der Waals surface area contributed by atoms with Crippen molar-refractivity contribution in [2.75, 3.05) is 6.61 Å². The smallest absolute Gasteiger partial charge is 0.408 e. The molecule has 3 N–H and O–H groups in total. The molecule has 7 heteroatoms. The van der Waals surface area contributed by atoms with Crippen molar-refractivity contribution in [1.29, 1.82) is 0 Å². The summed E-state index contributed by atoms with van der Waals surface area (Å²) >= 11 is 0. The fourth-order valence-electron chi connectivity index (χ4n) is 1.03. The number of H-pyrrole nitrogens is 1. The van der Waals surface area contributed by atoms with E-state index in [2.05, 4.69) is 20.5 Å². The summed E-state index contributed by atoms with van der Waals surface area (Å²) in [6.07, 6.45) is 0.692. The summed E-state index contributed by atoms with van der Waals surface area (Å²) in [5.74, 6) is 0.383. The molecule has 0 fully saturated rings. The second kappa shape index (κ2) is 4.93. The van der Waals surface area contributed by atoms with Crippen LogP contribution in [0.2, 0.25) is 0 Å². The Morgan fingerprint density at radius 2 is 2.38 bits per heavy atom. The monoisotopic (exact) mass is 228 g/mol. The van der Waals surface area contributed by atoms with Crippen molar-refractivity contribution in [3.8, 4) is 0 Å². The highest BCUT2D eigenvalue weighted by Gasteiger charge is 2.21. The first-order valence-electron chi connectivity index (χ1n) is 4.88. The minimum atomic E-state index is -0.641. The summed E-state index contributed by atoms with van der Waals surface area (Å²) in [4.78, 5) is 15.3. The molecule has 0 aliphatic rings. The van der Waals surface area contributed by atoms with Gasteiger partial charge in [-0.05, 0) is 20.8 Å². The highest BCUT2D eigenvalue weighted by Crippen LogP contribution is 2.10. The third kappa shape index (κ3) is 3.85. The average molecular weight is 228 g/mol. The first kappa shape index (κ1) is 12.4. The number of ether oxygens (including phenoxy) is 1. The van der Waals surface area contributed by atoms with Gasteiger partial charge in [0.15, 0.2) is 0 Å². The minimum Gasteiger partial charge on any atom is -0.444 e. The summed E-state index contributed by atoms with van der Waals surface area (Å²) in [5, 5.41) is 17.8. The number of carbonyl (C=O) groups is 1. The predicted molar refractivity (Wildman–Crippen MR) is 55.6 cm³/mol. The lowest BCUT2D eigenvalue weighted by Gasteiger charge is -2.21. The van der Waals surface area contributed by atoms with Gasteiger partial charge in [-0.1, -0.05) is 0 Å². The van der Waals surface area contributed by atoms with Gasteiger partial charge in [0.05, 0.1) is 6.61 Å². The second-order valence-electron chi connectivity index (χ2n) is 4.25. The molecule has 0 bridgehead atoms. The predicted octanol–water partition coefficient (Wildman–Crippen LogP) is 0.363. The lowest BCUT2D eigenvalue weighted by atomic mass is 10.2. The molecule has 1 aromatic heterocycles. The van der Waals surface area contributed by atoms with E-state index in [1.165, 1.54) is 6.33 Å². The molecule has 0 aromatic carbocycles. The van der Waals surface area contributed by atoms with Gasteiger partial charge in [-0.15, -0.1) is 0 Å². The van der Waals surface area contributed by atoms with E-state index >= 15 is 0 Å². The van der Waals surface area contributed by atoms with Crippen LogP contribution in [0, 0.1) is 0 Å². The molecule has 0 spiro atoms. The van der Waals surface area contributed by atoms with Gasteiger partial charge in [0.25, 0.3) is 0 Å². The number of hydrogen-bond donors (Lipinski definition) is 3. The van der Waals surface area contributed by atoms with Gasteiger partial charge in [0, 0.05) is 0 Å². The molecule has 1 atom stereocenters. The Kier molecular flexibility index (Phi) is 3.83. The Morgan fingerprint density at radius 1 is 1.69 bits per heavy atom. The maximum atomic E-state index is 11.4. The number of amides is 1. The summed E-state index contributed by atoms with van der Waals surface area (Å²) < 4.78 is 5.04. The van der Waals surface area contributed by atoms with Gasteiger partial charge in [-0.2, -0.15) is 5.10 Å². The number of aliphatic hydroxyl groups is 1. The molecule has 1 aromatic rings. The maximum absolute atomic E-state index is 11.4. The molecule has 0 aliphatic heterocycles. The zero-order valence-corrected chi connectivity index (χ0v) is 9.52. The number of nitrogens with zero attached hydrogens (tertiary/aromatic N) is 2. The third-order valence-electron chi connectivity index (χ3n) is 1.64. The minimum absolute atomic E-state index is 0.283. The van der Waals surface area contributed by atoms with Gasteiger partial charge in [-0.25, -0.2) is 9.78 Å². The van der Waals surface area contributed by atoms with E-state index in [1.54, 1.807) is 20.8 Å². The van der Waals surface area contributed by atoms with Crippen LogP contribution in [0.4, 0.5) is 4.79 Å². The number of aliphatic hydroxyl groups excluding tert-OH is 1. The molecule has 0 radical (unpaired) electrons. The molecule has 0 saturated heterocycles. The van der Waals surface area contributed by atoms with Crippen LogP contribution in [0.1, 0.15) is 32.6 Å². The molecule has 1 rings (SSSR count). The van der Waals surface area contributed by atoms with Gasteiger partial charge in [0.1, 0.15) is 23.8 Å². The average Bonchev–Trinajstić information content (AvgIpc) is 2.63. The fraction of sp³-hybridized carbons (Fsp3) is 0.667. The third-order valence-corrected chi connectivity index (χ3v) is 1.64. The van der Waals surface area contributed by atoms with E-state index in [4.69, 9.17) is 9.84 Å². The molecule has 16 heavy (non-hydrogen) atoms. The Bertz CT molecular complexity index is 331. The van der Waals surface area contributed by atoms with E-state index < -0.39 is 17.7 Å². The lowest BCUT2D eigenvalue weighted by Crippen LogP contribution is -2.36. The Labute approximate surface area is 93.2 Å². The number of alkyl carbamates (subject to hydrolysis) is 1. The summed E-state index contributed by atoms with van der Waals surface area (Å²) in [5.41, 5.74) is -0.578. The standard InChI is InChI=1S/C9H16N4O3/c1-9(2,3)16-8(15)12-6(4-14)7-10-5-11-13-7/h5-6,14H,4H2,1-3H3,(H,12,15)(H,10,11,13). The normalized spacial score (nSPS) is 13.2. The zero-order valence-electron chi connectivity index (χ0n) is 9.52. The van der Waals surface area contributed by atoms with Crippen LogP contribution >= 0.6 is 0 Å².